The van der Waals surface area contributed by atoms with Crippen LogP contribution in [0, 0.1) is 6.92 Å². The molecular weight excluding hydrogens is 302 g/mol. The fraction of sp³-hybridized carbons (Fsp3) is 0.176. The Morgan fingerprint density at radius 2 is 2.04 bits per heavy atom. The molecule has 0 fully saturated rings. The zero-order chi connectivity index (χ0) is 16.1. The van der Waals surface area contributed by atoms with Gasteiger partial charge in [-0.05, 0) is 25.1 Å². The summed E-state index contributed by atoms with van der Waals surface area (Å²) in [5, 5.41) is 17.5. The van der Waals surface area contributed by atoms with Crippen molar-refractivity contribution in [3.05, 3.63) is 54.0 Å². The first-order valence-corrected chi connectivity index (χ1v) is 7.89. The number of aliphatic imine (C=N–C) groups is 1. The summed E-state index contributed by atoms with van der Waals surface area (Å²) in [6.07, 6.45) is 1.73. The van der Waals surface area contributed by atoms with Crippen LogP contribution in [0.25, 0.3) is 22.4 Å². The van der Waals surface area contributed by atoms with Gasteiger partial charge in [0.1, 0.15) is 12.2 Å². The minimum atomic E-state index is 0.785. The first kappa shape index (κ1) is 13.2. The van der Waals surface area contributed by atoms with Crippen LogP contribution in [0.4, 0.5) is 0 Å². The van der Waals surface area contributed by atoms with Gasteiger partial charge in [0, 0.05) is 11.9 Å². The molecule has 0 bridgehead atoms. The molecule has 1 N–H and O–H groups in total. The van der Waals surface area contributed by atoms with Gasteiger partial charge in [-0.15, -0.1) is 10.2 Å². The molecule has 7 heteroatoms. The number of benzene rings is 1. The van der Waals surface area contributed by atoms with Gasteiger partial charge in [0.2, 0.25) is 0 Å². The second-order valence-electron chi connectivity index (χ2n) is 5.81. The summed E-state index contributed by atoms with van der Waals surface area (Å²) in [6.45, 7) is 3.66. The summed E-state index contributed by atoms with van der Waals surface area (Å²) in [5.74, 6) is 0.877. The van der Waals surface area contributed by atoms with Gasteiger partial charge in [-0.2, -0.15) is 5.10 Å². The normalized spacial score (nSPS) is 14.3. The molecule has 1 aliphatic rings. The highest BCUT2D eigenvalue weighted by Crippen LogP contribution is 2.25. The lowest BCUT2D eigenvalue weighted by atomic mass is 10.1. The van der Waals surface area contributed by atoms with Crippen molar-refractivity contribution in [2.24, 2.45) is 4.99 Å². The molecule has 0 saturated carbocycles. The van der Waals surface area contributed by atoms with Crippen LogP contribution in [0.2, 0.25) is 0 Å². The molecule has 1 aliphatic heterocycles. The topological polar surface area (TPSA) is 72.4 Å². The highest BCUT2D eigenvalue weighted by Gasteiger charge is 2.20. The number of fused-ring (bicyclic) bond motifs is 3. The Morgan fingerprint density at radius 3 is 2.83 bits per heavy atom. The van der Waals surface area contributed by atoms with Gasteiger partial charge in [-0.25, -0.2) is 4.68 Å². The lowest BCUT2D eigenvalue weighted by molar-refractivity contribution is 0.870. The smallest absolute Gasteiger partial charge is 0.173 e. The van der Waals surface area contributed by atoms with Gasteiger partial charge in [-0.1, -0.05) is 18.2 Å². The van der Waals surface area contributed by atoms with E-state index < -0.39 is 0 Å². The Labute approximate surface area is 137 Å². The number of rotatable bonds is 2. The average molecular weight is 317 g/mol. The van der Waals surface area contributed by atoms with Crippen LogP contribution in [0.15, 0.2) is 47.7 Å². The second-order valence-corrected chi connectivity index (χ2v) is 5.81. The molecule has 3 aromatic heterocycles. The minimum Gasteiger partial charge on any atom is -0.368 e. The molecule has 5 rings (SSSR count). The van der Waals surface area contributed by atoms with E-state index in [1.54, 1.807) is 6.33 Å². The molecule has 0 spiro atoms. The van der Waals surface area contributed by atoms with Crippen LogP contribution in [0.3, 0.4) is 0 Å². The molecule has 0 aliphatic carbocycles. The molecule has 4 aromatic rings. The lowest BCUT2D eigenvalue weighted by Gasteiger charge is -2.08. The van der Waals surface area contributed by atoms with Gasteiger partial charge in [0.15, 0.2) is 11.3 Å². The van der Waals surface area contributed by atoms with E-state index in [-0.39, 0.29) is 0 Å². The molecule has 1 aromatic carbocycles. The fourth-order valence-corrected chi connectivity index (χ4v) is 3.21. The third-order valence-electron chi connectivity index (χ3n) is 4.32. The van der Waals surface area contributed by atoms with E-state index in [2.05, 4.69) is 26.6 Å². The van der Waals surface area contributed by atoms with E-state index in [1.807, 2.05) is 46.3 Å². The van der Waals surface area contributed by atoms with Gasteiger partial charge < -0.3 is 5.32 Å². The standard InChI is InChI=1S/C17H15N7/c1-11-13-9-14(15-18-7-8-19-15)16-21-20-10-23(16)17(13)24(22-11)12-5-3-2-4-6-12/h2-6,9-10H,7-8H2,1H3,(H,18,19). The van der Waals surface area contributed by atoms with E-state index in [1.165, 1.54) is 0 Å². The van der Waals surface area contributed by atoms with Crippen molar-refractivity contribution in [3.63, 3.8) is 0 Å². The van der Waals surface area contributed by atoms with Gasteiger partial charge >= 0.3 is 0 Å². The molecule has 0 saturated heterocycles. The number of para-hydroxylation sites is 1. The summed E-state index contributed by atoms with van der Waals surface area (Å²) >= 11 is 0. The largest absolute Gasteiger partial charge is 0.368 e. The van der Waals surface area contributed by atoms with Crippen LogP contribution in [0.1, 0.15) is 11.3 Å². The number of nitrogens with one attached hydrogen (secondary N) is 1. The number of hydrogen-bond donors (Lipinski definition) is 1. The Balaban J connectivity index is 1.89. The van der Waals surface area contributed by atoms with Crippen molar-refractivity contribution in [2.45, 2.75) is 6.92 Å². The number of amidine groups is 1. The van der Waals surface area contributed by atoms with Crippen molar-refractivity contribution in [3.8, 4) is 5.69 Å². The van der Waals surface area contributed by atoms with E-state index in [0.717, 1.165) is 52.6 Å². The Kier molecular flexibility index (Phi) is 2.70. The lowest BCUT2D eigenvalue weighted by Crippen LogP contribution is -2.20. The number of aromatic nitrogens is 5. The molecule has 24 heavy (non-hydrogen) atoms. The number of nitrogens with zero attached hydrogens (tertiary/aromatic N) is 6. The molecule has 0 atom stereocenters. The van der Waals surface area contributed by atoms with Crippen LogP contribution < -0.4 is 5.32 Å². The van der Waals surface area contributed by atoms with Crippen LogP contribution in [0.5, 0.6) is 0 Å². The van der Waals surface area contributed by atoms with Crippen molar-refractivity contribution in [2.75, 3.05) is 13.1 Å². The van der Waals surface area contributed by atoms with E-state index in [9.17, 15) is 0 Å². The summed E-state index contributed by atoms with van der Waals surface area (Å²) in [4.78, 5) is 4.53. The SMILES string of the molecule is Cc1nn(-c2ccccc2)c2c1cc(C1=NCCN1)c1nncn12. The number of hydrogen-bond acceptors (Lipinski definition) is 5. The Morgan fingerprint density at radius 1 is 1.17 bits per heavy atom. The monoisotopic (exact) mass is 317 g/mol. The highest BCUT2D eigenvalue weighted by molar-refractivity contribution is 6.07. The van der Waals surface area contributed by atoms with Gasteiger partial charge in [0.25, 0.3) is 0 Å². The summed E-state index contributed by atoms with van der Waals surface area (Å²) < 4.78 is 3.93. The predicted molar refractivity (Wildman–Crippen MR) is 91.8 cm³/mol. The quantitative estimate of drug-likeness (QED) is 0.611. The highest BCUT2D eigenvalue weighted by atomic mass is 15.3. The first-order chi connectivity index (χ1) is 11.8. The van der Waals surface area contributed by atoms with Gasteiger partial charge in [-0.3, -0.25) is 9.39 Å². The van der Waals surface area contributed by atoms with E-state index >= 15 is 0 Å². The minimum absolute atomic E-state index is 0.785. The first-order valence-electron chi connectivity index (χ1n) is 7.89. The molecule has 7 nitrogen and oxygen atoms in total. The van der Waals surface area contributed by atoms with Crippen LogP contribution in [-0.2, 0) is 0 Å². The van der Waals surface area contributed by atoms with Crippen LogP contribution >= 0.6 is 0 Å². The summed E-state index contributed by atoms with van der Waals surface area (Å²) in [7, 11) is 0. The predicted octanol–water partition coefficient (Wildman–Crippen LogP) is 1.73. The average Bonchev–Trinajstić information content (AvgIpc) is 3.35. The maximum absolute atomic E-state index is 4.74. The van der Waals surface area contributed by atoms with Crippen molar-refractivity contribution in [1.29, 1.82) is 0 Å². The van der Waals surface area contributed by atoms with E-state index in [4.69, 9.17) is 5.10 Å². The summed E-state index contributed by atoms with van der Waals surface area (Å²) in [5.41, 5.74) is 4.68. The molecule has 118 valence electrons. The Bertz CT molecular complexity index is 1090. The maximum Gasteiger partial charge on any atom is 0.173 e. The van der Waals surface area contributed by atoms with Crippen molar-refractivity contribution >= 4 is 22.5 Å². The molecular formula is C17H15N7. The third-order valence-corrected chi connectivity index (χ3v) is 4.32. The Hall–Kier alpha value is -3.22. The van der Waals surface area contributed by atoms with Crippen molar-refractivity contribution < 1.29 is 0 Å². The molecule has 0 amide bonds. The summed E-state index contributed by atoms with van der Waals surface area (Å²) in [6, 6.07) is 12.2. The third kappa shape index (κ3) is 1.78. The second kappa shape index (κ2) is 4.89. The van der Waals surface area contributed by atoms with Gasteiger partial charge in [0.05, 0.1) is 23.5 Å². The maximum atomic E-state index is 4.74. The number of pyridine rings is 1. The number of aryl methyl sites for hydroxylation is 1. The van der Waals surface area contributed by atoms with Crippen LogP contribution in [-0.4, -0.2) is 43.3 Å². The molecule has 4 heterocycles. The zero-order valence-electron chi connectivity index (χ0n) is 13.1. The van der Waals surface area contributed by atoms with Crippen molar-refractivity contribution in [1.82, 2.24) is 29.7 Å². The molecule has 0 unspecified atom stereocenters. The fourth-order valence-electron chi connectivity index (χ4n) is 3.21. The zero-order valence-corrected chi connectivity index (χ0v) is 13.1. The molecule has 0 radical (unpaired) electrons. The van der Waals surface area contributed by atoms with E-state index in [0.29, 0.717) is 0 Å².